The highest BCUT2D eigenvalue weighted by atomic mass is 19.1. The van der Waals surface area contributed by atoms with Gasteiger partial charge in [-0.3, -0.25) is 0 Å². The number of rotatable bonds is 7. The van der Waals surface area contributed by atoms with Crippen LogP contribution in [0.2, 0.25) is 0 Å². The molecule has 0 saturated heterocycles. The van der Waals surface area contributed by atoms with Crippen LogP contribution in [0.15, 0.2) is 18.2 Å². The van der Waals surface area contributed by atoms with Gasteiger partial charge in [0.2, 0.25) is 0 Å². The van der Waals surface area contributed by atoms with Crippen molar-refractivity contribution in [2.45, 2.75) is 20.4 Å². The van der Waals surface area contributed by atoms with E-state index in [0.717, 1.165) is 6.54 Å². The lowest BCUT2D eigenvalue weighted by Crippen LogP contribution is -2.20. The van der Waals surface area contributed by atoms with Crippen LogP contribution in [-0.4, -0.2) is 26.2 Å². The summed E-state index contributed by atoms with van der Waals surface area (Å²) in [4.78, 5) is 11.0. The summed E-state index contributed by atoms with van der Waals surface area (Å²) >= 11 is 0. The molecule has 0 fully saturated rings. The Balaban J connectivity index is 2.65. The number of methoxy groups -OCH3 is 1. The summed E-state index contributed by atoms with van der Waals surface area (Å²) in [5.41, 5.74) is 0.685. The fraction of sp³-hybridized carbons (Fsp3) is 0.500. The molecule has 0 bridgehead atoms. The Morgan fingerprint density at radius 3 is 2.79 bits per heavy atom. The second kappa shape index (κ2) is 7.74. The van der Waals surface area contributed by atoms with Gasteiger partial charge in [-0.05, 0) is 30.7 Å². The van der Waals surface area contributed by atoms with Crippen LogP contribution in [0, 0.1) is 11.7 Å². The SMILES string of the molecule is COC(=O)COc1ccc(F)cc1CNCC(C)C. The van der Waals surface area contributed by atoms with Crippen molar-refractivity contribution in [2.24, 2.45) is 5.92 Å². The molecule has 0 radical (unpaired) electrons. The van der Waals surface area contributed by atoms with Gasteiger partial charge in [-0.15, -0.1) is 0 Å². The maximum atomic E-state index is 13.2. The number of esters is 1. The highest BCUT2D eigenvalue weighted by Crippen LogP contribution is 2.19. The monoisotopic (exact) mass is 269 g/mol. The van der Waals surface area contributed by atoms with Crippen LogP contribution in [0.25, 0.3) is 0 Å². The molecule has 4 nitrogen and oxygen atoms in total. The van der Waals surface area contributed by atoms with Crippen molar-refractivity contribution in [1.29, 1.82) is 0 Å². The zero-order valence-electron chi connectivity index (χ0n) is 11.5. The number of benzene rings is 1. The molecule has 0 aliphatic heterocycles. The van der Waals surface area contributed by atoms with E-state index in [9.17, 15) is 9.18 Å². The standard InChI is InChI=1S/C14H20FNO3/c1-10(2)7-16-8-11-6-12(15)4-5-13(11)19-9-14(17)18-3/h4-6,10,16H,7-9H2,1-3H3. The molecular weight excluding hydrogens is 249 g/mol. The molecule has 0 heterocycles. The lowest BCUT2D eigenvalue weighted by Gasteiger charge is -2.12. The molecule has 0 aliphatic carbocycles. The third-order valence-corrected chi connectivity index (χ3v) is 2.46. The van der Waals surface area contributed by atoms with Gasteiger partial charge in [-0.1, -0.05) is 13.8 Å². The third kappa shape index (κ3) is 5.70. The van der Waals surface area contributed by atoms with Gasteiger partial charge in [0, 0.05) is 12.1 Å². The summed E-state index contributed by atoms with van der Waals surface area (Å²) in [6.07, 6.45) is 0. The number of nitrogens with one attached hydrogen (secondary N) is 1. The van der Waals surface area contributed by atoms with Crippen LogP contribution >= 0.6 is 0 Å². The minimum absolute atomic E-state index is 0.181. The van der Waals surface area contributed by atoms with Crippen LogP contribution < -0.4 is 10.1 Å². The van der Waals surface area contributed by atoms with E-state index in [1.165, 1.54) is 25.3 Å². The molecule has 1 N–H and O–H groups in total. The molecule has 19 heavy (non-hydrogen) atoms. The van der Waals surface area contributed by atoms with Crippen LogP contribution in [0.4, 0.5) is 4.39 Å². The molecule has 0 atom stereocenters. The third-order valence-electron chi connectivity index (χ3n) is 2.46. The molecule has 1 aromatic rings. The first kappa shape index (κ1) is 15.4. The molecule has 0 aromatic heterocycles. The minimum atomic E-state index is -0.467. The first-order valence-corrected chi connectivity index (χ1v) is 6.21. The van der Waals surface area contributed by atoms with E-state index < -0.39 is 5.97 Å². The van der Waals surface area contributed by atoms with Crippen molar-refractivity contribution in [3.63, 3.8) is 0 Å². The summed E-state index contributed by atoms with van der Waals surface area (Å²) in [7, 11) is 1.29. The Labute approximate surface area is 112 Å². The van der Waals surface area contributed by atoms with Gasteiger partial charge in [0.25, 0.3) is 0 Å². The van der Waals surface area contributed by atoms with Crippen LogP contribution in [0.1, 0.15) is 19.4 Å². The molecule has 0 aliphatic rings. The number of hydrogen-bond acceptors (Lipinski definition) is 4. The number of hydrogen-bond donors (Lipinski definition) is 1. The highest BCUT2D eigenvalue weighted by Gasteiger charge is 2.08. The Morgan fingerprint density at radius 2 is 2.16 bits per heavy atom. The smallest absolute Gasteiger partial charge is 0.343 e. The van der Waals surface area contributed by atoms with Crippen molar-refractivity contribution < 1.29 is 18.7 Å². The lowest BCUT2D eigenvalue weighted by molar-refractivity contribution is -0.142. The maximum absolute atomic E-state index is 13.2. The van der Waals surface area contributed by atoms with E-state index in [1.54, 1.807) is 0 Å². The van der Waals surface area contributed by atoms with E-state index in [1.807, 2.05) is 0 Å². The van der Waals surface area contributed by atoms with Gasteiger partial charge in [-0.25, -0.2) is 9.18 Å². The second-order valence-corrected chi connectivity index (χ2v) is 4.64. The molecule has 1 aromatic carbocycles. The molecule has 106 valence electrons. The van der Waals surface area contributed by atoms with E-state index in [2.05, 4.69) is 23.9 Å². The van der Waals surface area contributed by atoms with Gasteiger partial charge in [0.05, 0.1) is 7.11 Å². The van der Waals surface area contributed by atoms with Crippen LogP contribution in [0.5, 0.6) is 5.75 Å². The Kier molecular flexibility index (Phi) is 6.29. The average Bonchev–Trinajstić information content (AvgIpc) is 2.37. The minimum Gasteiger partial charge on any atom is -0.482 e. The van der Waals surface area contributed by atoms with Crippen molar-refractivity contribution in [3.05, 3.63) is 29.6 Å². The Morgan fingerprint density at radius 1 is 1.42 bits per heavy atom. The van der Waals surface area contributed by atoms with Gasteiger partial charge >= 0.3 is 5.97 Å². The van der Waals surface area contributed by atoms with Crippen molar-refractivity contribution in [1.82, 2.24) is 5.32 Å². The van der Waals surface area contributed by atoms with E-state index in [4.69, 9.17) is 4.74 Å². The molecule has 0 saturated carbocycles. The van der Waals surface area contributed by atoms with Crippen molar-refractivity contribution in [3.8, 4) is 5.75 Å². The fourth-order valence-electron chi connectivity index (χ4n) is 1.52. The van der Waals surface area contributed by atoms with Gasteiger partial charge < -0.3 is 14.8 Å². The molecule has 0 amide bonds. The Hall–Kier alpha value is -1.62. The zero-order chi connectivity index (χ0) is 14.3. The maximum Gasteiger partial charge on any atom is 0.343 e. The second-order valence-electron chi connectivity index (χ2n) is 4.64. The summed E-state index contributed by atoms with van der Waals surface area (Å²) in [5, 5.41) is 3.21. The summed E-state index contributed by atoms with van der Waals surface area (Å²) in [5.74, 6) is 0.202. The number of halogens is 1. The molecule has 5 heteroatoms. The summed E-state index contributed by atoms with van der Waals surface area (Å²) in [6, 6.07) is 4.23. The van der Waals surface area contributed by atoms with Crippen LogP contribution in [0.3, 0.4) is 0 Å². The first-order valence-electron chi connectivity index (χ1n) is 6.21. The van der Waals surface area contributed by atoms with Gasteiger partial charge in [0.15, 0.2) is 6.61 Å². The van der Waals surface area contributed by atoms with E-state index in [0.29, 0.717) is 23.8 Å². The number of ether oxygens (including phenoxy) is 2. The average molecular weight is 269 g/mol. The number of carbonyl (C=O) groups excluding carboxylic acids is 1. The summed E-state index contributed by atoms with van der Waals surface area (Å²) in [6.45, 7) is 5.32. The van der Waals surface area contributed by atoms with Crippen molar-refractivity contribution >= 4 is 5.97 Å². The van der Waals surface area contributed by atoms with Crippen LogP contribution in [-0.2, 0) is 16.1 Å². The lowest BCUT2D eigenvalue weighted by atomic mass is 10.1. The topological polar surface area (TPSA) is 47.6 Å². The predicted octanol–water partition coefficient (Wildman–Crippen LogP) is 2.12. The molecule has 1 rings (SSSR count). The molecule has 0 unspecified atom stereocenters. The number of carbonyl (C=O) groups is 1. The van der Waals surface area contributed by atoms with Gasteiger partial charge in [-0.2, -0.15) is 0 Å². The molecule has 0 spiro atoms. The van der Waals surface area contributed by atoms with Gasteiger partial charge in [0.1, 0.15) is 11.6 Å². The largest absolute Gasteiger partial charge is 0.482 e. The highest BCUT2D eigenvalue weighted by molar-refractivity contribution is 5.70. The Bertz CT molecular complexity index is 421. The fourth-order valence-corrected chi connectivity index (χ4v) is 1.52. The predicted molar refractivity (Wildman–Crippen MR) is 70.5 cm³/mol. The van der Waals surface area contributed by atoms with E-state index in [-0.39, 0.29) is 12.4 Å². The summed E-state index contributed by atoms with van der Waals surface area (Å²) < 4.78 is 23.0. The molecular formula is C14H20FNO3. The van der Waals surface area contributed by atoms with E-state index >= 15 is 0 Å². The van der Waals surface area contributed by atoms with Crippen molar-refractivity contribution in [2.75, 3.05) is 20.3 Å². The normalized spacial score (nSPS) is 10.6. The first-order chi connectivity index (χ1) is 9.02. The zero-order valence-corrected chi connectivity index (χ0v) is 11.5. The quantitative estimate of drug-likeness (QED) is 0.770.